The van der Waals surface area contributed by atoms with Crippen molar-refractivity contribution < 1.29 is 34.0 Å². The molecule has 7 heteroatoms. The van der Waals surface area contributed by atoms with Crippen LogP contribution in [0.3, 0.4) is 0 Å². The highest BCUT2D eigenvalue weighted by Gasteiger charge is 2.14. The summed E-state index contributed by atoms with van der Waals surface area (Å²) in [5, 5.41) is 16.6. The van der Waals surface area contributed by atoms with E-state index < -0.39 is 17.7 Å². The minimum Gasteiger partial charge on any atom is -0.493 e. The number of aryl methyl sites for hydroxylation is 1. The Morgan fingerprint density at radius 2 is 1.61 bits per heavy atom. The van der Waals surface area contributed by atoms with E-state index >= 15 is 0 Å². The summed E-state index contributed by atoms with van der Waals surface area (Å²) in [5.41, 5.74) is 0.348. The zero-order chi connectivity index (χ0) is 18.0. The first-order valence-electron chi connectivity index (χ1n) is 6.93. The standard InChI is InChI=1S/C11H14O4.C5H10O3/c1-14-9-5-3-8(4-6-11(12)13)7-10(9)15-2;1-5(2,3)8-4(6)7/h3,5,7H,4,6H2,1-2H3,(H,12,13);1-3H3,(H,6,7). The average Bonchev–Trinajstić information content (AvgIpc) is 2.42. The first-order valence-corrected chi connectivity index (χ1v) is 6.93. The Labute approximate surface area is 135 Å². The molecule has 23 heavy (non-hydrogen) atoms. The van der Waals surface area contributed by atoms with Crippen molar-refractivity contribution >= 4 is 12.1 Å². The number of carboxylic acids is 1. The van der Waals surface area contributed by atoms with Gasteiger partial charge in [0.05, 0.1) is 14.2 Å². The van der Waals surface area contributed by atoms with Crippen molar-refractivity contribution in [1.29, 1.82) is 0 Å². The maximum atomic E-state index is 10.4. The predicted octanol–water partition coefficient (Wildman–Crippen LogP) is 3.20. The second-order valence-corrected chi connectivity index (χ2v) is 5.56. The van der Waals surface area contributed by atoms with Crippen molar-refractivity contribution in [2.45, 2.75) is 39.2 Å². The Morgan fingerprint density at radius 1 is 1.04 bits per heavy atom. The first kappa shape index (κ1) is 20.6. The normalized spacial score (nSPS) is 10.1. The number of aliphatic carboxylic acids is 1. The largest absolute Gasteiger partial charge is 0.506 e. The van der Waals surface area contributed by atoms with Gasteiger partial charge >= 0.3 is 12.1 Å². The molecule has 0 aliphatic carbocycles. The summed E-state index contributed by atoms with van der Waals surface area (Å²) in [5.74, 6) is 0.474. The Hall–Kier alpha value is -2.44. The summed E-state index contributed by atoms with van der Waals surface area (Å²) >= 11 is 0. The van der Waals surface area contributed by atoms with E-state index in [0.717, 1.165) is 5.56 Å². The third-order valence-electron chi connectivity index (χ3n) is 2.47. The van der Waals surface area contributed by atoms with Crippen LogP contribution in [0.1, 0.15) is 32.8 Å². The van der Waals surface area contributed by atoms with E-state index in [9.17, 15) is 9.59 Å². The molecular weight excluding hydrogens is 304 g/mol. The van der Waals surface area contributed by atoms with E-state index in [4.69, 9.17) is 19.7 Å². The summed E-state index contributed by atoms with van der Waals surface area (Å²) in [6.45, 7) is 5.04. The molecule has 0 radical (unpaired) electrons. The molecule has 1 aromatic carbocycles. The fourth-order valence-electron chi connectivity index (χ4n) is 1.55. The zero-order valence-corrected chi connectivity index (χ0v) is 14.1. The Balaban J connectivity index is 0.000000515. The van der Waals surface area contributed by atoms with E-state index in [2.05, 4.69) is 4.74 Å². The second-order valence-electron chi connectivity index (χ2n) is 5.56. The van der Waals surface area contributed by atoms with Gasteiger partial charge in [-0.3, -0.25) is 4.79 Å². The molecule has 0 atom stereocenters. The van der Waals surface area contributed by atoms with Gasteiger partial charge in [-0.25, -0.2) is 4.79 Å². The van der Waals surface area contributed by atoms with Crippen molar-refractivity contribution in [3.05, 3.63) is 23.8 Å². The lowest BCUT2D eigenvalue weighted by Gasteiger charge is -2.15. The molecule has 130 valence electrons. The molecule has 0 saturated carbocycles. The van der Waals surface area contributed by atoms with Gasteiger partial charge in [0.25, 0.3) is 0 Å². The number of hydrogen-bond donors (Lipinski definition) is 2. The number of benzene rings is 1. The molecule has 0 saturated heterocycles. The summed E-state index contributed by atoms with van der Waals surface area (Å²) in [6, 6.07) is 5.40. The fraction of sp³-hybridized carbons (Fsp3) is 0.500. The maximum Gasteiger partial charge on any atom is 0.506 e. The summed E-state index contributed by atoms with van der Waals surface area (Å²) in [4.78, 5) is 20.2. The lowest BCUT2D eigenvalue weighted by Crippen LogP contribution is -2.22. The molecule has 0 amide bonds. The van der Waals surface area contributed by atoms with Crippen molar-refractivity contribution in [3.63, 3.8) is 0 Å². The molecule has 0 heterocycles. The van der Waals surface area contributed by atoms with Gasteiger partial charge in [-0.15, -0.1) is 0 Å². The SMILES string of the molecule is CC(C)(C)OC(=O)O.COc1ccc(CCC(=O)O)cc1OC. The number of methoxy groups -OCH3 is 2. The summed E-state index contributed by atoms with van der Waals surface area (Å²) in [7, 11) is 3.12. The third kappa shape index (κ3) is 10.00. The van der Waals surface area contributed by atoms with Crippen LogP contribution in [0.5, 0.6) is 11.5 Å². The second kappa shape index (κ2) is 9.55. The lowest BCUT2D eigenvalue weighted by atomic mass is 10.1. The molecule has 1 aromatic rings. The number of hydrogen-bond acceptors (Lipinski definition) is 5. The molecular formula is C16H24O7. The topological polar surface area (TPSA) is 102 Å². The van der Waals surface area contributed by atoms with Crippen LogP contribution in [-0.4, -0.2) is 42.2 Å². The molecule has 0 aromatic heterocycles. The van der Waals surface area contributed by atoms with Gasteiger partial charge in [-0.2, -0.15) is 0 Å². The Morgan fingerprint density at radius 3 is 1.96 bits per heavy atom. The van der Waals surface area contributed by atoms with Crippen molar-refractivity contribution in [2.24, 2.45) is 0 Å². The van der Waals surface area contributed by atoms with E-state index in [0.29, 0.717) is 17.9 Å². The number of ether oxygens (including phenoxy) is 3. The van der Waals surface area contributed by atoms with Crippen LogP contribution >= 0.6 is 0 Å². The first-order chi connectivity index (χ1) is 10.6. The third-order valence-corrected chi connectivity index (χ3v) is 2.47. The maximum absolute atomic E-state index is 10.4. The molecule has 0 unspecified atom stereocenters. The summed E-state index contributed by atoms with van der Waals surface area (Å²) < 4.78 is 14.5. The smallest absolute Gasteiger partial charge is 0.493 e. The van der Waals surface area contributed by atoms with Gasteiger partial charge in [-0.1, -0.05) is 6.07 Å². The molecule has 0 bridgehead atoms. The van der Waals surface area contributed by atoms with Crippen LogP contribution in [0, 0.1) is 0 Å². The van der Waals surface area contributed by atoms with Gasteiger partial charge in [-0.05, 0) is 44.9 Å². The summed E-state index contributed by atoms with van der Waals surface area (Å²) in [6.07, 6.45) is -0.608. The predicted molar refractivity (Wildman–Crippen MR) is 84.4 cm³/mol. The molecule has 2 N–H and O–H groups in total. The molecule has 0 fully saturated rings. The van der Waals surface area contributed by atoms with Gasteiger partial charge in [0.2, 0.25) is 0 Å². The lowest BCUT2D eigenvalue weighted by molar-refractivity contribution is -0.136. The number of carboxylic acid groups (broad SMARTS) is 2. The minimum absolute atomic E-state index is 0.121. The van der Waals surface area contributed by atoms with Gasteiger partial charge in [0.1, 0.15) is 5.60 Å². The molecule has 7 nitrogen and oxygen atoms in total. The molecule has 0 aliphatic rings. The highest BCUT2D eigenvalue weighted by molar-refractivity contribution is 5.67. The van der Waals surface area contributed by atoms with Crippen LogP contribution in [0.15, 0.2) is 18.2 Å². The van der Waals surface area contributed by atoms with Gasteiger partial charge < -0.3 is 24.4 Å². The van der Waals surface area contributed by atoms with Crippen LogP contribution in [0.25, 0.3) is 0 Å². The average molecular weight is 328 g/mol. The fourth-order valence-corrected chi connectivity index (χ4v) is 1.55. The van der Waals surface area contributed by atoms with E-state index in [1.54, 1.807) is 47.1 Å². The Bertz CT molecular complexity index is 518. The molecule has 0 spiro atoms. The monoisotopic (exact) mass is 328 g/mol. The van der Waals surface area contributed by atoms with E-state index in [1.165, 1.54) is 0 Å². The molecule has 1 rings (SSSR count). The van der Waals surface area contributed by atoms with Crippen LogP contribution in [0.4, 0.5) is 4.79 Å². The Kier molecular flexibility index (Phi) is 8.54. The van der Waals surface area contributed by atoms with E-state index in [1.807, 2.05) is 6.07 Å². The van der Waals surface area contributed by atoms with Gasteiger partial charge in [0, 0.05) is 6.42 Å². The van der Waals surface area contributed by atoms with Crippen molar-refractivity contribution in [3.8, 4) is 11.5 Å². The van der Waals surface area contributed by atoms with E-state index in [-0.39, 0.29) is 6.42 Å². The van der Waals surface area contributed by atoms with Gasteiger partial charge in [0.15, 0.2) is 11.5 Å². The van der Waals surface area contributed by atoms with Crippen LogP contribution < -0.4 is 9.47 Å². The van der Waals surface area contributed by atoms with Crippen LogP contribution in [-0.2, 0) is 16.0 Å². The highest BCUT2D eigenvalue weighted by atomic mass is 16.7. The molecule has 0 aliphatic heterocycles. The van der Waals surface area contributed by atoms with Crippen molar-refractivity contribution in [1.82, 2.24) is 0 Å². The zero-order valence-electron chi connectivity index (χ0n) is 14.1. The number of carbonyl (C=O) groups is 2. The number of rotatable bonds is 5. The van der Waals surface area contributed by atoms with Crippen LogP contribution in [0.2, 0.25) is 0 Å². The minimum atomic E-state index is -1.22. The highest BCUT2D eigenvalue weighted by Crippen LogP contribution is 2.27. The van der Waals surface area contributed by atoms with Crippen molar-refractivity contribution in [2.75, 3.05) is 14.2 Å². The quantitative estimate of drug-likeness (QED) is 0.800.